The SMILES string of the molecule is Cc1cc(C(N)=S)nc(Oc2cccnc2C)n1. The summed E-state index contributed by atoms with van der Waals surface area (Å²) in [6.45, 7) is 3.67. The third kappa shape index (κ3) is 2.78. The highest BCUT2D eigenvalue weighted by molar-refractivity contribution is 7.80. The van der Waals surface area contributed by atoms with Crippen LogP contribution in [-0.4, -0.2) is 19.9 Å². The van der Waals surface area contributed by atoms with Gasteiger partial charge in [0.25, 0.3) is 0 Å². The van der Waals surface area contributed by atoms with Gasteiger partial charge in [0.2, 0.25) is 0 Å². The van der Waals surface area contributed by atoms with Crippen molar-refractivity contribution in [3.05, 3.63) is 41.5 Å². The van der Waals surface area contributed by atoms with E-state index < -0.39 is 0 Å². The minimum absolute atomic E-state index is 0.216. The summed E-state index contributed by atoms with van der Waals surface area (Å²) in [6, 6.07) is 5.51. The van der Waals surface area contributed by atoms with Crippen LogP contribution >= 0.6 is 12.2 Å². The number of hydrogen-bond acceptors (Lipinski definition) is 5. The van der Waals surface area contributed by atoms with Crippen molar-refractivity contribution in [1.29, 1.82) is 0 Å². The molecular weight excluding hydrogens is 248 g/mol. The zero-order chi connectivity index (χ0) is 13.1. The van der Waals surface area contributed by atoms with Crippen molar-refractivity contribution in [3.8, 4) is 11.8 Å². The molecule has 6 heteroatoms. The van der Waals surface area contributed by atoms with Gasteiger partial charge in [-0.1, -0.05) is 12.2 Å². The molecule has 0 aromatic carbocycles. The van der Waals surface area contributed by atoms with Gasteiger partial charge in [0.05, 0.1) is 5.69 Å². The lowest BCUT2D eigenvalue weighted by Crippen LogP contribution is -2.13. The van der Waals surface area contributed by atoms with Crippen LogP contribution in [0.25, 0.3) is 0 Å². The molecule has 0 radical (unpaired) electrons. The summed E-state index contributed by atoms with van der Waals surface area (Å²) in [5, 5.41) is 0. The van der Waals surface area contributed by atoms with E-state index in [0.717, 1.165) is 11.4 Å². The molecule has 0 unspecified atom stereocenters. The van der Waals surface area contributed by atoms with Gasteiger partial charge in [-0.05, 0) is 32.0 Å². The van der Waals surface area contributed by atoms with Gasteiger partial charge in [0.1, 0.15) is 10.7 Å². The molecule has 2 rings (SSSR count). The topological polar surface area (TPSA) is 73.9 Å². The average Bonchev–Trinajstić information content (AvgIpc) is 2.31. The third-order valence-corrected chi connectivity index (χ3v) is 2.45. The van der Waals surface area contributed by atoms with Crippen molar-refractivity contribution in [3.63, 3.8) is 0 Å². The number of aromatic nitrogens is 3. The van der Waals surface area contributed by atoms with E-state index in [1.807, 2.05) is 13.8 Å². The second-order valence-electron chi connectivity index (χ2n) is 3.73. The molecule has 2 N–H and O–H groups in total. The third-order valence-electron chi connectivity index (χ3n) is 2.25. The fourth-order valence-electron chi connectivity index (χ4n) is 1.39. The minimum atomic E-state index is 0.216. The zero-order valence-corrected chi connectivity index (χ0v) is 10.9. The lowest BCUT2D eigenvalue weighted by atomic mass is 10.3. The van der Waals surface area contributed by atoms with Crippen LogP contribution in [0, 0.1) is 13.8 Å². The first-order chi connectivity index (χ1) is 8.56. The molecule has 0 fully saturated rings. The highest BCUT2D eigenvalue weighted by Crippen LogP contribution is 2.20. The normalized spacial score (nSPS) is 10.1. The Bertz CT molecular complexity index is 600. The van der Waals surface area contributed by atoms with Crippen molar-refractivity contribution in [2.75, 3.05) is 0 Å². The number of nitrogens with zero attached hydrogens (tertiary/aromatic N) is 3. The first kappa shape index (κ1) is 12.4. The summed E-state index contributed by atoms with van der Waals surface area (Å²) >= 11 is 4.89. The Morgan fingerprint density at radius 3 is 2.78 bits per heavy atom. The Morgan fingerprint density at radius 2 is 2.11 bits per heavy atom. The maximum Gasteiger partial charge on any atom is 0.322 e. The van der Waals surface area contributed by atoms with Crippen LogP contribution in [0.4, 0.5) is 0 Å². The molecule has 92 valence electrons. The largest absolute Gasteiger partial charge is 0.422 e. The zero-order valence-electron chi connectivity index (χ0n) is 10.0. The molecule has 0 aliphatic carbocycles. The predicted molar refractivity (Wildman–Crippen MR) is 71.7 cm³/mol. The summed E-state index contributed by atoms with van der Waals surface area (Å²) in [5.41, 5.74) is 7.55. The van der Waals surface area contributed by atoms with E-state index in [1.165, 1.54) is 0 Å². The van der Waals surface area contributed by atoms with Gasteiger partial charge in [0, 0.05) is 11.9 Å². The van der Waals surface area contributed by atoms with Gasteiger partial charge in [-0.3, -0.25) is 4.98 Å². The molecule has 2 aromatic rings. The minimum Gasteiger partial charge on any atom is -0.422 e. The van der Waals surface area contributed by atoms with E-state index in [-0.39, 0.29) is 11.0 Å². The number of nitrogens with two attached hydrogens (primary N) is 1. The molecule has 0 saturated heterocycles. The molecule has 0 aliphatic heterocycles. The van der Waals surface area contributed by atoms with Gasteiger partial charge in [-0.2, -0.15) is 4.98 Å². The van der Waals surface area contributed by atoms with E-state index in [4.69, 9.17) is 22.7 Å². The first-order valence-corrected chi connectivity index (χ1v) is 5.72. The lowest BCUT2D eigenvalue weighted by Gasteiger charge is -2.07. The van der Waals surface area contributed by atoms with Crippen LogP contribution in [0.5, 0.6) is 11.8 Å². The maximum absolute atomic E-state index is 5.58. The van der Waals surface area contributed by atoms with E-state index in [1.54, 1.807) is 24.4 Å². The van der Waals surface area contributed by atoms with Crippen LogP contribution in [0.2, 0.25) is 0 Å². The van der Waals surface area contributed by atoms with Crippen LogP contribution in [0.3, 0.4) is 0 Å². The molecule has 0 saturated carbocycles. The smallest absolute Gasteiger partial charge is 0.322 e. The van der Waals surface area contributed by atoms with E-state index in [0.29, 0.717) is 11.4 Å². The van der Waals surface area contributed by atoms with Crippen LogP contribution < -0.4 is 10.5 Å². The number of hydrogen-bond donors (Lipinski definition) is 1. The fraction of sp³-hybridized carbons (Fsp3) is 0.167. The van der Waals surface area contributed by atoms with Gasteiger partial charge >= 0.3 is 6.01 Å². The van der Waals surface area contributed by atoms with E-state index in [2.05, 4.69) is 15.0 Å². The molecule has 0 bridgehead atoms. The number of aryl methyl sites for hydroxylation is 2. The summed E-state index contributed by atoms with van der Waals surface area (Å²) in [6.07, 6.45) is 1.69. The molecule has 2 aromatic heterocycles. The monoisotopic (exact) mass is 260 g/mol. The van der Waals surface area contributed by atoms with E-state index >= 15 is 0 Å². The summed E-state index contributed by atoms with van der Waals surface area (Å²) in [5.74, 6) is 0.608. The van der Waals surface area contributed by atoms with Crippen molar-refractivity contribution in [2.45, 2.75) is 13.8 Å². The molecule has 0 amide bonds. The Morgan fingerprint density at radius 1 is 1.33 bits per heavy atom. The number of ether oxygens (including phenoxy) is 1. The summed E-state index contributed by atoms with van der Waals surface area (Å²) in [7, 11) is 0. The molecule has 2 heterocycles. The number of thiocarbonyl (C=S) groups is 1. The Hall–Kier alpha value is -2.08. The molecule has 0 aliphatic rings. The first-order valence-electron chi connectivity index (χ1n) is 5.31. The quantitative estimate of drug-likeness (QED) is 0.850. The maximum atomic E-state index is 5.58. The molecule has 0 atom stereocenters. The second-order valence-corrected chi connectivity index (χ2v) is 4.17. The number of rotatable bonds is 3. The van der Waals surface area contributed by atoms with Crippen LogP contribution in [-0.2, 0) is 0 Å². The molecule has 0 spiro atoms. The standard InChI is InChI=1S/C12H12N4OS/c1-7-6-9(11(13)18)16-12(15-7)17-10-4-3-5-14-8(10)2/h3-6H,1-2H3,(H2,13,18). The van der Waals surface area contributed by atoms with Gasteiger partial charge in [-0.25, -0.2) is 4.98 Å². The Kier molecular flexibility index (Phi) is 3.47. The second kappa shape index (κ2) is 5.05. The Balaban J connectivity index is 2.35. The van der Waals surface area contributed by atoms with E-state index in [9.17, 15) is 0 Å². The van der Waals surface area contributed by atoms with Crippen molar-refractivity contribution in [1.82, 2.24) is 15.0 Å². The predicted octanol–water partition coefficient (Wildman–Crippen LogP) is 1.91. The summed E-state index contributed by atoms with van der Waals surface area (Å²) < 4.78 is 5.58. The van der Waals surface area contributed by atoms with Gasteiger partial charge < -0.3 is 10.5 Å². The van der Waals surface area contributed by atoms with Crippen molar-refractivity contribution in [2.24, 2.45) is 5.73 Å². The molecular formula is C12H12N4OS. The fourth-order valence-corrected chi connectivity index (χ4v) is 1.49. The highest BCUT2D eigenvalue weighted by atomic mass is 32.1. The summed E-state index contributed by atoms with van der Waals surface area (Å²) in [4.78, 5) is 12.7. The number of pyridine rings is 1. The van der Waals surface area contributed by atoms with Crippen molar-refractivity contribution >= 4 is 17.2 Å². The van der Waals surface area contributed by atoms with Gasteiger partial charge in [-0.15, -0.1) is 0 Å². The lowest BCUT2D eigenvalue weighted by molar-refractivity contribution is 0.434. The molecule has 18 heavy (non-hydrogen) atoms. The highest BCUT2D eigenvalue weighted by Gasteiger charge is 2.08. The average molecular weight is 260 g/mol. The molecule has 5 nitrogen and oxygen atoms in total. The Labute approximate surface area is 110 Å². The van der Waals surface area contributed by atoms with Crippen LogP contribution in [0.1, 0.15) is 17.1 Å². The van der Waals surface area contributed by atoms with Gasteiger partial charge in [0.15, 0.2) is 5.75 Å². The van der Waals surface area contributed by atoms with Crippen molar-refractivity contribution < 1.29 is 4.74 Å². The van der Waals surface area contributed by atoms with Crippen LogP contribution in [0.15, 0.2) is 24.4 Å².